The molecule has 0 spiro atoms. The van der Waals surface area contributed by atoms with Crippen LogP contribution in [0.25, 0.3) is 11.6 Å². The lowest BCUT2D eigenvalue weighted by atomic mass is 10.0. The van der Waals surface area contributed by atoms with Gasteiger partial charge in [0.25, 0.3) is 0 Å². The Hall–Kier alpha value is -2.87. The first kappa shape index (κ1) is 20.4. The Kier molecular flexibility index (Phi) is 5.51. The number of hydrogen-bond acceptors (Lipinski definition) is 4. The third-order valence-electron chi connectivity index (χ3n) is 4.91. The van der Waals surface area contributed by atoms with Gasteiger partial charge in [-0.2, -0.15) is 0 Å². The molecular weight excluding hydrogens is 432 g/mol. The highest BCUT2D eigenvalue weighted by Gasteiger charge is 2.24. The molecular formula is C21H16Cl2FN3O3. The van der Waals surface area contributed by atoms with Gasteiger partial charge in [-0.05, 0) is 36.3 Å². The average molecular weight is 448 g/mol. The van der Waals surface area contributed by atoms with E-state index in [9.17, 15) is 19.4 Å². The number of halogens is 3. The standard InChI is InChI=1S/C21H16Cl2FN3O3/c22-13-3-1-11(2-4-13)17(7-8-28)27-20(29)16(26-21(27)30)9-12-10-25-19-14(12)5-6-15(23)18(19)24/h1-6,9-10,17,28-29H,7-8H2,(H,26,30)/b12-9+. The molecule has 4 rings (SSSR count). The van der Waals surface area contributed by atoms with Crippen LogP contribution in [0.4, 0.5) is 10.1 Å². The highest BCUT2D eigenvalue weighted by atomic mass is 35.5. The second kappa shape index (κ2) is 8.10. The Bertz CT molecular complexity index is 1230. The summed E-state index contributed by atoms with van der Waals surface area (Å²) in [6, 6.07) is 9.23. The molecule has 0 amide bonds. The Balaban J connectivity index is 1.77. The third kappa shape index (κ3) is 3.56. The van der Waals surface area contributed by atoms with Gasteiger partial charge in [0.05, 0.1) is 11.1 Å². The van der Waals surface area contributed by atoms with Crippen molar-refractivity contribution in [1.82, 2.24) is 9.55 Å². The van der Waals surface area contributed by atoms with Crippen molar-refractivity contribution in [1.29, 1.82) is 0 Å². The lowest BCUT2D eigenvalue weighted by Gasteiger charge is -2.18. The lowest BCUT2D eigenvalue weighted by molar-refractivity contribution is 0.261. The van der Waals surface area contributed by atoms with Crippen molar-refractivity contribution < 1.29 is 14.6 Å². The van der Waals surface area contributed by atoms with Crippen molar-refractivity contribution >= 4 is 46.8 Å². The van der Waals surface area contributed by atoms with Crippen molar-refractivity contribution in [2.75, 3.05) is 6.61 Å². The van der Waals surface area contributed by atoms with Crippen LogP contribution < -0.4 is 5.69 Å². The Morgan fingerprint density at radius 3 is 2.63 bits per heavy atom. The zero-order valence-corrected chi connectivity index (χ0v) is 17.0. The summed E-state index contributed by atoms with van der Waals surface area (Å²) in [4.78, 5) is 19.3. The maximum Gasteiger partial charge on any atom is 0.329 e. The summed E-state index contributed by atoms with van der Waals surface area (Å²) in [6.07, 6.45) is 3.15. The number of rotatable bonds is 5. The molecule has 0 bridgehead atoms. The first-order valence-corrected chi connectivity index (χ1v) is 9.80. The maximum absolute atomic E-state index is 14.2. The fraction of sp³-hybridized carbons (Fsp3) is 0.143. The van der Waals surface area contributed by atoms with Crippen LogP contribution in [0.1, 0.15) is 29.3 Å². The van der Waals surface area contributed by atoms with E-state index in [1.165, 1.54) is 22.9 Å². The molecule has 0 aliphatic carbocycles. The van der Waals surface area contributed by atoms with Gasteiger partial charge in [0.15, 0.2) is 5.82 Å². The quantitative estimate of drug-likeness (QED) is 0.535. The lowest BCUT2D eigenvalue weighted by Crippen LogP contribution is -2.23. The molecule has 9 heteroatoms. The van der Waals surface area contributed by atoms with E-state index in [1.54, 1.807) is 30.3 Å². The van der Waals surface area contributed by atoms with Crippen LogP contribution >= 0.6 is 23.2 Å². The number of nitrogens with zero attached hydrogens (tertiary/aromatic N) is 2. The van der Waals surface area contributed by atoms with Crippen LogP contribution in [0.2, 0.25) is 10.0 Å². The molecule has 6 nitrogen and oxygen atoms in total. The number of benzene rings is 2. The Morgan fingerprint density at radius 1 is 1.20 bits per heavy atom. The number of H-pyrrole nitrogens is 1. The summed E-state index contributed by atoms with van der Waals surface area (Å²) in [6.45, 7) is -0.194. The van der Waals surface area contributed by atoms with Crippen LogP contribution in [0.3, 0.4) is 0 Å². The number of imidazole rings is 1. The van der Waals surface area contributed by atoms with E-state index in [4.69, 9.17) is 23.2 Å². The van der Waals surface area contributed by atoms with Crippen LogP contribution in [0.5, 0.6) is 5.88 Å². The van der Waals surface area contributed by atoms with Gasteiger partial charge in [0.2, 0.25) is 5.88 Å². The van der Waals surface area contributed by atoms with Gasteiger partial charge in [-0.25, -0.2) is 9.18 Å². The van der Waals surface area contributed by atoms with Gasteiger partial charge in [0.1, 0.15) is 11.4 Å². The number of aromatic hydroxyl groups is 1. The zero-order valence-electron chi connectivity index (χ0n) is 15.4. The number of aliphatic hydroxyl groups excluding tert-OH is 1. The third-order valence-corrected chi connectivity index (χ3v) is 5.45. The molecule has 154 valence electrons. The van der Waals surface area contributed by atoms with E-state index in [2.05, 4.69) is 9.98 Å². The molecule has 2 heterocycles. The van der Waals surface area contributed by atoms with E-state index >= 15 is 0 Å². The monoisotopic (exact) mass is 447 g/mol. The van der Waals surface area contributed by atoms with Crippen LogP contribution in [-0.2, 0) is 0 Å². The van der Waals surface area contributed by atoms with E-state index in [0.29, 0.717) is 21.7 Å². The molecule has 1 atom stereocenters. The number of aromatic nitrogens is 2. The molecule has 0 radical (unpaired) electrons. The average Bonchev–Trinajstić information content (AvgIpc) is 3.25. The second-order valence-corrected chi connectivity index (χ2v) is 7.58. The van der Waals surface area contributed by atoms with Crippen molar-refractivity contribution in [3.05, 3.63) is 79.6 Å². The number of allylic oxidation sites excluding steroid dienone is 1. The molecule has 1 unspecified atom stereocenters. The molecule has 3 N–H and O–H groups in total. The largest absolute Gasteiger partial charge is 0.493 e. The van der Waals surface area contributed by atoms with Gasteiger partial charge in [-0.3, -0.25) is 9.56 Å². The molecule has 1 aromatic heterocycles. The van der Waals surface area contributed by atoms with Gasteiger partial charge in [-0.1, -0.05) is 41.4 Å². The summed E-state index contributed by atoms with van der Waals surface area (Å²) in [7, 11) is 0. The van der Waals surface area contributed by atoms with Crippen molar-refractivity contribution in [3.63, 3.8) is 0 Å². The molecule has 2 aromatic carbocycles. The molecule has 0 fully saturated rings. The second-order valence-electron chi connectivity index (χ2n) is 6.73. The summed E-state index contributed by atoms with van der Waals surface area (Å²) in [5, 5.41) is 20.7. The number of fused-ring (bicyclic) bond motifs is 1. The summed E-state index contributed by atoms with van der Waals surface area (Å²) >= 11 is 11.7. The highest BCUT2D eigenvalue weighted by molar-refractivity contribution is 6.32. The van der Waals surface area contributed by atoms with Gasteiger partial charge in [0, 0.05) is 29.0 Å². The zero-order chi connectivity index (χ0) is 21.4. The van der Waals surface area contributed by atoms with Crippen LogP contribution in [-0.4, -0.2) is 32.6 Å². The topological polar surface area (TPSA) is 90.6 Å². The predicted molar refractivity (Wildman–Crippen MR) is 115 cm³/mol. The Labute approximate surface area is 180 Å². The van der Waals surface area contributed by atoms with Gasteiger partial charge < -0.3 is 15.2 Å². The normalized spacial score (nSPS) is 15.0. The Morgan fingerprint density at radius 2 is 1.93 bits per heavy atom. The SMILES string of the molecule is O=c1[nH]c(/C=C2\C=Nc3c2ccc(Cl)c3F)c(O)n1C(CCO)c1ccc(Cl)cc1. The molecule has 30 heavy (non-hydrogen) atoms. The number of aliphatic imine (C=N–C) groups is 1. The maximum atomic E-state index is 14.2. The van der Waals surface area contributed by atoms with E-state index < -0.39 is 17.5 Å². The first-order chi connectivity index (χ1) is 14.4. The van der Waals surface area contributed by atoms with Crippen molar-refractivity contribution in [3.8, 4) is 5.88 Å². The summed E-state index contributed by atoms with van der Waals surface area (Å²) in [5.74, 6) is -0.938. The number of aromatic amines is 1. The minimum Gasteiger partial charge on any atom is -0.493 e. The van der Waals surface area contributed by atoms with E-state index in [0.717, 1.165) is 0 Å². The number of hydrogen-bond donors (Lipinski definition) is 3. The molecule has 3 aromatic rings. The fourth-order valence-corrected chi connectivity index (χ4v) is 3.75. The molecule has 0 saturated heterocycles. The fourth-order valence-electron chi connectivity index (χ4n) is 3.47. The summed E-state index contributed by atoms with van der Waals surface area (Å²) < 4.78 is 15.3. The van der Waals surface area contributed by atoms with Crippen molar-refractivity contribution in [2.24, 2.45) is 4.99 Å². The van der Waals surface area contributed by atoms with Crippen LogP contribution in [0.15, 0.2) is 46.2 Å². The van der Waals surface area contributed by atoms with Gasteiger partial charge >= 0.3 is 5.69 Å². The summed E-state index contributed by atoms with van der Waals surface area (Å²) in [5.41, 5.74) is 1.40. The van der Waals surface area contributed by atoms with E-state index in [-0.39, 0.29) is 35.3 Å². The minimum absolute atomic E-state index is 0.0376. The molecule has 0 saturated carbocycles. The molecule has 1 aliphatic rings. The number of nitrogens with one attached hydrogen (secondary N) is 1. The number of aliphatic hydroxyl groups is 1. The minimum atomic E-state index is -0.630. The van der Waals surface area contributed by atoms with Crippen molar-refractivity contribution in [2.45, 2.75) is 12.5 Å². The smallest absolute Gasteiger partial charge is 0.329 e. The van der Waals surface area contributed by atoms with Gasteiger partial charge in [-0.15, -0.1) is 0 Å². The van der Waals surface area contributed by atoms with Crippen LogP contribution in [0, 0.1) is 5.82 Å². The first-order valence-electron chi connectivity index (χ1n) is 9.04. The predicted octanol–water partition coefficient (Wildman–Crippen LogP) is 4.56. The highest BCUT2D eigenvalue weighted by Crippen LogP contribution is 2.38. The molecule has 1 aliphatic heterocycles. The van der Waals surface area contributed by atoms with E-state index in [1.807, 2.05) is 0 Å².